The van der Waals surface area contributed by atoms with Crippen molar-refractivity contribution in [3.05, 3.63) is 81.8 Å². The number of carboxylic acid groups (broad SMARTS) is 1. The Bertz CT molecular complexity index is 1200. The van der Waals surface area contributed by atoms with Crippen molar-refractivity contribution in [1.82, 2.24) is 0 Å². The van der Waals surface area contributed by atoms with Gasteiger partial charge < -0.3 is 24.3 Å². The number of ether oxygens (including phenoxy) is 2. The number of rotatable bonds is 7. The fourth-order valence-electron chi connectivity index (χ4n) is 3.85. The first-order valence-corrected chi connectivity index (χ1v) is 11.7. The van der Waals surface area contributed by atoms with Crippen molar-refractivity contribution in [2.45, 2.75) is 25.7 Å². The van der Waals surface area contributed by atoms with Crippen LogP contribution in [0.15, 0.2) is 60.7 Å². The topological polar surface area (TPSA) is 78.9 Å². The van der Waals surface area contributed by atoms with Gasteiger partial charge in [-0.25, -0.2) is 0 Å². The Morgan fingerprint density at radius 1 is 1.09 bits per heavy atom. The van der Waals surface area contributed by atoms with E-state index in [0.717, 1.165) is 12.1 Å². The van der Waals surface area contributed by atoms with Gasteiger partial charge in [-0.05, 0) is 67.4 Å². The van der Waals surface area contributed by atoms with Gasteiger partial charge in [0.25, 0.3) is 5.91 Å². The number of aliphatic carboxylic acids is 1. The van der Waals surface area contributed by atoms with E-state index in [0.29, 0.717) is 46.4 Å². The second-order valence-corrected chi connectivity index (χ2v) is 8.73. The zero-order valence-electron chi connectivity index (χ0n) is 19.4. The van der Waals surface area contributed by atoms with E-state index >= 15 is 0 Å². The van der Waals surface area contributed by atoms with Crippen LogP contribution in [0.1, 0.15) is 41.6 Å². The van der Waals surface area contributed by atoms with Crippen molar-refractivity contribution >= 4 is 40.8 Å². The molecule has 0 aliphatic carbocycles. The number of carboxylic acids is 1. The second kappa shape index (κ2) is 12.2. The molecule has 1 aliphatic rings. The molecule has 0 radical (unpaired) electrons. The largest absolute Gasteiger partial charge is 1.00 e. The van der Waals surface area contributed by atoms with E-state index in [1.807, 2.05) is 19.1 Å². The van der Waals surface area contributed by atoms with Crippen LogP contribution in [0, 0.1) is 0 Å². The van der Waals surface area contributed by atoms with E-state index in [1.54, 1.807) is 53.4 Å². The van der Waals surface area contributed by atoms with Crippen LogP contribution in [0.3, 0.4) is 0 Å². The third kappa shape index (κ3) is 6.32. The molecule has 0 saturated heterocycles. The molecule has 0 bridgehead atoms. The molecule has 3 aromatic rings. The number of amides is 1. The molecule has 3 aromatic carbocycles. The Labute approximate surface area is 236 Å². The number of anilines is 1. The third-order valence-corrected chi connectivity index (χ3v) is 6.10. The van der Waals surface area contributed by atoms with E-state index < -0.39 is 11.9 Å². The van der Waals surface area contributed by atoms with Crippen molar-refractivity contribution in [3.8, 4) is 17.2 Å². The van der Waals surface area contributed by atoms with E-state index in [1.165, 1.54) is 0 Å². The molecule has 0 saturated carbocycles. The minimum Gasteiger partial charge on any atom is -0.549 e. The summed E-state index contributed by atoms with van der Waals surface area (Å²) in [6.07, 6.45) is 1.12. The molecular formula is C26H22Cl2NNaO5. The number of hydrogen-bond donors (Lipinski definition) is 0. The molecule has 0 spiro atoms. The van der Waals surface area contributed by atoms with Crippen LogP contribution in [0.5, 0.6) is 17.2 Å². The fourth-order valence-corrected chi connectivity index (χ4v) is 4.19. The van der Waals surface area contributed by atoms with Crippen molar-refractivity contribution in [2.75, 3.05) is 18.1 Å². The molecule has 1 heterocycles. The van der Waals surface area contributed by atoms with Crippen LogP contribution in [0.2, 0.25) is 10.0 Å². The van der Waals surface area contributed by atoms with E-state index in [2.05, 4.69) is 0 Å². The fraction of sp³-hybridized carbons (Fsp3) is 0.231. The van der Waals surface area contributed by atoms with Gasteiger partial charge in [-0.3, -0.25) is 4.79 Å². The standard InChI is InChI=1S/C26H23Cl2NO5.Na/c1-2-12-29(18-7-5-17(27)6-8-18)25(30)16-3-9-19(10-4-16)34-24-15-23-21(14-22(24)28)20(26(31)32)11-13-33-23;/h3-10,14-15,20H,2,11-13H2,1H3,(H,31,32);/q;+1/p-1. The number of benzene rings is 3. The Kier molecular flexibility index (Phi) is 9.50. The van der Waals surface area contributed by atoms with Gasteiger partial charge >= 0.3 is 29.6 Å². The van der Waals surface area contributed by atoms with Crippen molar-refractivity contribution in [2.24, 2.45) is 0 Å². The maximum Gasteiger partial charge on any atom is 1.00 e. The van der Waals surface area contributed by atoms with Crippen LogP contribution in [-0.4, -0.2) is 25.0 Å². The summed E-state index contributed by atoms with van der Waals surface area (Å²) >= 11 is 12.3. The summed E-state index contributed by atoms with van der Waals surface area (Å²) in [5, 5.41) is 12.3. The van der Waals surface area contributed by atoms with Crippen molar-refractivity contribution in [3.63, 3.8) is 0 Å². The molecule has 1 aliphatic heterocycles. The molecule has 4 rings (SSSR count). The molecule has 0 aromatic heterocycles. The normalized spacial score (nSPS) is 14.2. The second-order valence-electron chi connectivity index (χ2n) is 7.89. The molecule has 9 heteroatoms. The van der Waals surface area contributed by atoms with Gasteiger partial charge in [0.1, 0.15) is 17.2 Å². The molecule has 0 N–H and O–H groups in total. The predicted octanol–water partition coefficient (Wildman–Crippen LogP) is 2.46. The van der Waals surface area contributed by atoms with E-state index in [-0.39, 0.29) is 47.1 Å². The third-order valence-electron chi connectivity index (χ3n) is 5.55. The Balaban J connectivity index is 0.00000342. The first kappa shape index (κ1) is 27.4. The Morgan fingerprint density at radius 3 is 2.40 bits per heavy atom. The average molecular weight is 522 g/mol. The minimum absolute atomic E-state index is 0. The summed E-state index contributed by atoms with van der Waals surface area (Å²) in [5.41, 5.74) is 1.75. The van der Waals surface area contributed by atoms with Crippen LogP contribution in [-0.2, 0) is 4.79 Å². The number of nitrogens with zero attached hydrogens (tertiary/aromatic N) is 1. The van der Waals surface area contributed by atoms with Gasteiger partial charge in [0.2, 0.25) is 0 Å². The molecule has 1 unspecified atom stereocenters. The summed E-state index contributed by atoms with van der Waals surface area (Å²) in [4.78, 5) is 26.3. The maximum absolute atomic E-state index is 13.2. The smallest absolute Gasteiger partial charge is 0.549 e. The average Bonchev–Trinajstić information content (AvgIpc) is 2.83. The summed E-state index contributed by atoms with van der Waals surface area (Å²) < 4.78 is 11.5. The molecular weight excluding hydrogens is 500 g/mol. The van der Waals surface area contributed by atoms with Crippen LogP contribution >= 0.6 is 23.2 Å². The van der Waals surface area contributed by atoms with Gasteiger partial charge in [0.15, 0.2) is 0 Å². The number of halogens is 2. The van der Waals surface area contributed by atoms with E-state index in [9.17, 15) is 14.7 Å². The Morgan fingerprint density at radius 2 is 1.77 bits per heavy atom. The van der Waals surface area contributed by atoms with Crippen LogP contribution in [0.4, 0.5) is 5.69 Å². The number of hydrogen-bond acceptors (Lipinski definition) is 5. The summed E-state index contributed by atoms with van der Waals surface area (Å²) in [5.74, 6) is -0.863. The van der Waals surface area contributed by atoms with Gasteiger partial charge in [-0.2, -0.15) is 0 Å². The van der Waals surface area contributed by atoms with Crippen LogP contribution in [0.25, 0.3) is 0 Å². The Hall–Kier alpha value is -2.22. The molecule has 0 fully saturated rings. The monoisotopic (exact) mass is 521 g/mol. The summed E-state index contributed by atoms with van der Waals surface area (Å²) in [6, 6.07) is 17.0. The predicted molar refractivity (Wildman–Crippen MR) is 129 cm³/mol. The van der Waals surface area contributed by atoms with Gasteiger partial charge in [0, 0.05) is 46.3 Å². The molecule has 1 atom stereocenters. The summed E-state index contributed by atoms with van der Waals surface area (Å²) in [6.45, 7) is 2.84. The molecule has 6 nitrogen and oxygen atoms in total. The SMILES string of the molecule is CCCN(C(=O)c1ccc(Oc2cc3c(cc2Cl)C(C(=O)[O-])CCO3)cc1)c1ccc(Cl)cc1.[Na+]. The van der Waals surface area contributed by atoms with Gasteiger partial charge in [0.05, 0.1) is 11.6 Å². The number of fused-ring (bicyclic) bond motifs is 1. The first-order chi connectivity index (χ1) is 16.4. The first-order valence-electron chi connectivity index (χ1n) is 10.9. The van der Waals surface area contributed by atoms with Crippen LogP contribution < -0.4 is 49.0 Å². The minimum atomic E-state index is -1.16. The molecule has 35 heavy (non-hydrogen) atoms. The molecule has 176 valence electrons. The zero-order valence-corrected chi connectivity index (χ0v) is 22.9. The summed E-state index contributed by atoms with van der Waals surface area (Å²) in [7, 11) is 0. The number of carbonyl (C=O) groups is 2. The molecule has 1 amide bonds. The zero-order chi connectivity index (χ0) is 24.2. The van der Waals surface area contributed by atoms with E-state index in [4.69, 9.17) is 32.7 Å². The van der Waals surface area contributed by atoms with Crippen molar-refractivity contribution < 1.29 is 53.7 Å². The quantitative estimate of drug-likeness (QED) is 0.446. The maximum atomic E-state index is 13.2. The van der Waals surface area contributed by atoms with Gasteiger partial charge in [-0.1, -0.05) is 30.1 Å². The number of carbonyl (C=O) groups excluding carboxylic acids is 2. The van der Waals surface area contributed by atoms with Crippen molar-refractivity contribution in [1.29, 1.82) is 0 Å². The van der Waals surface area contributed by atoms with Gasteiger partial charge in [-0.15, -0.1) is 0 Å².